The maximum absolute atomic E-state index is 11.9. The average Bonchev–Trinajstić information content (AvgIpc) is 2.44. The Hall–Kier alpha value is -1.79. The number of aliphatic carboxylic acids is 1. The fourth-order valence-corrected chi connectivity index (χ4v) is 2.31. The Morgan fingerprint density at radius 3 is 2.29 bits per heavy atom. The van der Waals surface area contributed by atoms with Crippen LogP contribution < -0.4 is 10.6 Å². The second-order valence-corrected chi connectivity index (χ2v) is 5.79. The minimum absolute atomic E-state index is 0.0974. The zero-order valence-electron chi connectivity index (χ0n) is 12.7. The number of carbonyl (C=O) groups is 3. The highest BCUT2D eigenvalue weighted by Crippen LogP contribution is 2.08. The number of carboxylic acids is 1. The lowest BCUT2D eigenvalue weighted by atomic mass is 10.0. The zero-order chi connectivity index (χ0) is 15.8. The van der Waals surface area contributed by atoms with Crippen LogP contribution in [0.4, 0.5) is 4.79 Å². The molecule has 3 amide bonds. The van der Waals surface area contributed by atoms with Crippen molar-refractivity contribution in [2.75, 3.05) is 19.6 Å². The van der Waals surface area contributed by atoms with E-state index in [1.165, 1.54) is 0 Å². The van der Waals surface area contributed by atoms with E-state index < -0.39 is 18.0 Å². The Morgan fingerprint density at radius 2 is 1.76 bits per heavy atom. The molecule has 0 saturated carbocycles. The highest BCUT2D eigenvalue weighted by molar-refractivity contribution is 5.86. The van der Waals surface area contributed by atoms with E-state index in [9.17, 15) is 14.4 Å². The molecule has 3 N–H and O–H groups in total. The van der Waals surface area contributed by atoms with Gasteiger partial charge in [-0.05, 0) is 31.6 Å². The largest absolute Gasteiger partial charge is 0.480 e. The number of carbonyl (C=O) groups excluding carboxylic acids is 2. The minimum Gasteiger partial charge on any atom is -0.480 e. The number of hydrogen-bond donors (Lipinski definition) is 3. The van der Waals surface area contributed by atoms with Crippen molar-refractivity contribution < 1.29 is 19.5 Å². The van der Waals surface area contributed by atoms with Crippen LogP contribution in [0.5, 0.6) is 0 Å². The molecule has 1 unspecified atom stereocenters. The van der Waals surface area contributed by atoms with Crippen LogP contribution >= 0.6 is 0 Å². The van der Waals surface area contributed by atoms with Crippen molar-refractivity contribution in [2.45, 2.75) is 45.6 Å². The molecular formula is C14H25N3O4. The van der Waals surface area contributed by atoms with Crippen molar-refractivity contribution in [1.29, 1.82) is 0 Å². The van der Waals surface area contributed by atoms with Crippen LogP contribution in [0, 0.1) is 5.92 Å². The van der Waals surface area contributed by atoms with E-state index in [0.29, 0.717) is 6.42 Å². The van der Waals surface area contributed by atoms with Gasteiger partial charge in [-0.1, -0.05) is 13.8 Å². The number of hydrogen-bond acceptors (Lipinski definition) is 3. The molecule has 0 aromatic heterocycles. The van der Waals surface area contributed by atoms with Gasteiger partial charge in [0.15, 0.2) is 0 Å². The summed E-state index contributed by atoms with van der Waals surface area (Å²) in [5, 5.41) is 13.9. The number of likely N-dealkylation sites (tertiary alicyclic amines) is 1. The van der Waals surface area contributed by atoms with E-state index in [4.69, 9.17) is 5.11 Å². The topological polar surface area (TPSA) is 98.7 Å². The van der Waals surface area contributed by atoms with Crippen molar-refractivity contribution in [3.8, 4) is 0 Å². The number of nitrogens with one attached hydrogen (secondary N) is 2. The maximum Gasteiger partial charge on any atom is 0.326 e. The molecule has 0 aromatic carbocycles. The summed E-state index contributed by atoms with van der Waals surface area (Å²) in [6.45, 7) is 5.13. The van der Waals surface area contributed by atoms with Gasteiger partial charge in [0.2, 0.25) is 5.91 Å². The quantitative estimate of drug-likeness (QED) is 0.675. The highest BCUT2D eigenvalue weighted by atomic mass is 16.4. The van der Waals surface area contributed by atoms with Crippen molar-refractivity contribution in [2.24, 2.45) is 5.92 Å². The molecule has 0 aromatic rings. The van der Waals surface area contributed by atoms with Crippen LogP contribution in [0.3, 0.4) is 0 Å². The van der Waals surface area contributed by atoms with Gasteiger partial charge in [-0.25, -0.2) is 9.59 Å². The number of carboxylic acid groups (broad SMARTS) is 1. The van der Waals surface area contributed by atoms with E-state index in [2.05, 4.69) is 10.6 Å². The molecule has 7 nitrogen and oxygen atoms in total. The number of amides is 3. The Bertz CT molecular complexity index is 378. The van der Waals surface area contributed by atoms with Crippen LogP contribution in [0.15, 0.2) is 0 Å². The summed E-state index contributed by atoms with van der Waals surface area (Å²) in [5.41, 5.74) is 0. The lowest BCUT2D eigenvalue weighted by Crippen LogP contribution is -2.49. The summed E-state index contributed by atoms with van der Waals surface area (Å²) < 4.78 is 0. The predicted octanol–water partition coefficient (Wildman–Crippen LogP) is 0.797. The smallest absolute Gasteiger partial charge is 0.326 e. The molecule has 120 valence electrons. The Morgan fingerprint density at radius 1 is 1.14 bits per heavy atom. The van der Waals surface area contributed by atoms with Crippen molar-refractivity contribution in [3.05, 3.63) is 0 Å². The minimum atomic E-state index is -1.07. The molecule has 7 heteroatoms. The monoisotopic (exact) mass is 299 g/mol. The van der Waals surface area contributed by atoms with Crippen molar-refractivity contribution in [3.63, 3.8) is 0 Å². The van der Waals surface area contributed by atoms with E-state index >= 15 is 0 Å². The molecule has 1 rings (SSSR count). The van der Waals surface area contributed by atoms with Gasteiger partial charge in [0.1, 0.15) is 6.04 Å². The standard InChI is InChI=1S/C14H25N3O4/c1-10(2)8-11(13(19)20)16-14(21)15-9-12(18)17-6-4-3-5-7-17/h10-11H,3-9H2,1-2H3,(H,19,20)(H2,15,16,21). The van der Waals surface area contributed by atoms with Crippen molar-refractivity contribution >= 4 is 17.9 Å². The first kappa shape index (κ1) is 17.3. The highest BCUT2D eigenvalue weighted by Gasteiger charge is 2.22. The van der Waals surface area contributed by atoms with Crippen LogP contribution in [0.2, 0.25) is 0 Å². The summed E-state index contributed by atoms with van der Waals surface area (Å²) in [6, 6.07) is -1.55. The number of nitrogens with zero attached hydrogens (tertiary/aromatic N) is 1. The third kappa shape index (κ3) is 6.46. The molecule has 1 saturated heterocycles. The van der Waals surface area contributed by atoms with E-state index in [1.54, 1.807) is 4.90 Å². The molecule has 1 atom stereocenters. The number of rotatable bonds is 6. The van der Waals surface area contributed by atoms with Crippen LogP contribution in [0.25, 0.3) is 0 Å². The van der Waals surface area contributed by atoms with Gasteiger partial charge in [-0.15, -0.1) is 0 Å². The second kappa shape index (κ2) is 8.49. The van der Waals surface area contributed by atoms with Gasteiger partial charge in [-0.2, -0.15) is 0 Å². The van der Waals surface area contributed by atoms with Crippen molar-refractivity contribution in [1.82, 2.24) is 15.5 Å². The number of piperidine rings is 1. The molecule has 1 heterocycles. The van der Waals surface area contributed by atoms with E-state index in [-0.39, 0.29) is 18.4 Å². The first-order valence-electron chi connectivity index (χ1n) is 7.45. The first-order valence-corrected chi connectivity index (χ1v) is 7.45. The summed E-state index contributed by atoms with van der Waals surface area (Å²) >= 11 is 0. The second-order valence-electron chi connectivity index (χ2n) is 5.79. The van der Waals surface area contributed by atoms with Gasteiger partial charge in [0, 0.05) is 13.1 Å². The molecule has 1 aliphatic heterocycles. The van der Waals surface area contributed by atoms with E-state index in [1.807, 2.05) is 13.8 Å². The molecule has 1 fully saturated rings. The fourth-order valence-electron chi connectivity index (χ4n) is 2.31. The predicted molar refractivity (Wildman–Crippen MR) is 77.8 cm³/mol. The maximum atomic E-state index is 11.9. The summed E-state index contributed by atoms with van der Waals surface area (Å²) in [5.74, 6) is -1.04. The van der Waals surface area contributed by atoms with Gasteiger partial charge < -0.3 is 20.6 Å². The Labute approximate surface area is 125 Å². The average molecular weight is 299 g/mol. The molecule has 21 heavy (non-hydrogen) atoms. The number of urea groups is 1. The molecule has 0 radical (unpaired) electrons. The molecule has 1 aliphatic rings. The van der Waals surface area contributed by atoms with E-state index in [0.717, 1.165) is 32.4 Å². The van der Waals surface area contributed by atoms with Crippen LogP contribution in [-0.4, -0.2) is 53.6 Å². The lowest BCUT2D eigenvalue weighted by Gasteiger charge is -2.26. The first-order chi connectivity index (χ1) is 9.90. The van der Waals surface area contributed by atoms with Crippen LogP contribution in [0.1, 0.15) is 39.5 Å². The molecule has 0 spiro atoms. The zero-order valence-corrected chi connectivity index (χ0v) is 12.7. The fraction of sp³-hybridized carbons (Fsp3) is 0.786. The normalized spacial score (nSPS) is 16.4. The van der Waals surface area contributed by atoms with Gasteiger partial charge in [0.05, 0.1) is 6.54 Å². The Kier molecular flexibility index (Phi) is 6.98. The lowest BCUT2D eigenvalue weighted by molar-refractivity contribution is -0.139. The molecular weight excluding hydrogens is 274 g/mol. The third-order valence-electron chi connectivity index (χ3n) is 3.42. The Balaban J connectivity index is 2.34. The van der Waals surface area contributed by atoms with Crippen LogP contribution in [-0.2, 0) is 9.59 Å². The molecule has 0 aliphatic carbocycles. The van der Waals surface area contributed by atoms with Gasteiger partial charge in [0.25, 0.3) is 0 Å². The summed E-state index contributed by atoms with van der Waals surface area (Å²) in [6.07, 6.45) is 3.47. The van der Waals surface area contributed by atoms with Gasteiger partial charge >= 0.3 is 12.0 Å². The van der Waals surface area contributed by atoms with Gasteiger partial charge in [-0.3, -0.25) is 4.79 Å². The third-order valence-corrected chi connectivity index (χ3v) is 3.42. The summed E-state index contributed by atoms with van der Waals surface area (Å²) in [4.78, 5) is 36.3. The molecule has 0 bridgehead atoms. The summed E-state index contributed by atoms with van der Waals surface area (Å²) in [7, 11) is 0. The SMILES string of the molecule is CC(C)CC(NC(=O)NCC(=O)N1CCCCC1)C(=O)O.